The van der Waals surface area contributed by atoms with Crippen LogP contribution < -0.4 is 4.74 Å². The fraction of sp³-hybridized carbons (Fsp3) is 0.211. The monoisotopic (exact) mass is 308 g/mol. The van der Waals surface area contributed by atoms with E-state index in [0.717, 1.165) is 22.5 Å². The van der Waals surface area contributed by atoms with E-state index in [2.05, 4.69) is 10.2 Å². The van der Waals surface area contributed by atoms with Crippen LogP contribution in [0.25, 0.3) is 22.4 Å². The van der Waals surface area contributed by atoms with Gasteiger partial charge in [-0.15, -0.1) is 0 Å². The van der Waals surface area contributed by atoms with E-state index in [1.165, 1.54) is 0 Å². The largest absolute Gasteiger partial charge is 0.507 e. The summed E-state index contributed by atoms with van der Waals surface area (Å²) in [5.41, 5.74) is 4.45. The number of nitrogens with zero attached hydrogens (tertiary/aromatic N) is 1. The van der Waals surface area contributed by atoms with Crippen molar-refractivity contribution in [2.45, 2.75) is 26.9 Å². The highest BCUT2D eigenvalue weighted by Gasteiger charge is 2.17. The van der Waals surface area contributed by atoms with Crippen LogP contribution in [0.3, 0.4) is 0 Å². The Morgan fingerprint density at radius 2 is 1.83 bits per heavy atom. The molecular formula is C19H20N2O2. The Morgan fingerprint density at radius 3 is 2.48 bits per heavy atom. The van der Waals surface area contributed by atoms with Gasteiger partial charge in [-0.25, -0.2) is 0 Å². The molecule has 4 nitrogen and oxygen atoms in total. The Morgan fingerprint density at radius 1 is 1.09 bits per heavy atom. The van der Waals surface area contributed by atoms with Gasteiger partial charge in [0, 0.05) is 22.9 Å². The number of phenolic OH excluding ortho intramolecular Hbond substituents is 1. The van der Waals surface area contributed by atoms with Crippen LogP contribution >= 0.6 is 0 Å². The molecular weight excluding hydrogens is 288 g/mol. The zero-order valence-corrected chi connectivity index (χ0v) is 13.5. The number of hydrogen-bond donors (Lipinski definition) is 2. The fourth-order valence-corrected chi connectivity index (χ4v) is 2.64. The van der Waals surface area contributed by atoms with Gasteiger partial charge in [-0.2, -0.15) is 5.10 Å². The highest BCUT2D eigenvalue weighted by atomic mass is 16.5. The van der Waals surface area contributed by atoms with Gasteiger partial charge in [0.15, 0.2) is 0 Å². The SMILES string of the molecule is Cc1[nH]nc(-c2ccc(OC(C)C)cc2O)c1-c1ccccc1. The van der Waals surface area contributed by atoms with E-state index in [9.17, 15) is 5.11 Å². The van der Waals surface area contributed by atoms with Gasteiger partial charge in [-0.05, 0) is 38.5 Å². The van der Waals surface area contributed by atoms with Gasteiger partial charge in [0.2, 0.25) is 0 Å². The lowest BCUT2D eigenvalue weighted by atomic mass is 9.99. The number of aromatic hydroxyl groups is 1. The Hall–Kier alpha value is -2.75. The first-order valence-corrected chi connectivity index (χ1v) is 7.66. The second-order valence-electron chi connectivity index (χ2n) is 5.78. The smallest absolute Gasteiger partial charge is 0.128 e. The van der Waals surface area contributed by atoms with Crippen LogP contribution in [-0.2, 0) is 0 Å². The lowest BCUT2D eigenvalue weighted by Gasteiger charge is -2.12. The summed E-state index contributed by atoms with van der Waals surface area (Å²) in [4.78, 5) is 0. The average Bonchev–Trinajstić information content (AvgIpc) is 2.89. The van der Waals surface area contributed by atoms with Gasteiger partial charge < -0.3 is 9.84 Å². The van der Waals surface area contributed by atoms with Crippen LogP contribution in [0.2, 0.25) is 0 Å². The normalized spacial score (nSPS) is 11.0. The number of aromatic nitrogens is 2. The molecule has 0 amide bonds. The third kappa shape index (κ3) is 3.06. The summed E-state index contributed by atoms with van der Waals surface area (Å²) in [5, 5.41) is 17.8. The maximum atomic E-state index is 10.4. The highest BCUT2D eigenvalue weighted by Crippen LogP contribution is 2.38. The first-order chi connectivity index (χ1) is 11.1. The van der Waals surface area contributed by atoms with Crippen LogP contribution in [0, 0.1) is 6.92 Å². The minimum atomic E-state index is 0.0627. The molecule has 0 unspecified atom stereocenters. The number of phenols is 1. The molecule has 0 aliphatic rings. The van der Waals surface area contributed by atoms with Gasteiger partial charge >= 0.3 is 0 Å². The number of aromatic amines is 1. The molecule has 118 valence electrons. The summed E-state index contributed by atoms with van der Waals surface area (Å²) in [6.45, 7) is 5.89. The third-order valence-corrected chi connectivity index (χ3v) is 3.61. The van der Waals surface area contributed by atoms with Crippen molar-refractivity contribution in [3.05, 3.63) is 54.2 Å². The summed E-state index contributed by atoms with van der Waals surface area (Å²) < 4.78 is 5.62. The van der Waals surface area contributed by atoms with Gasteiger partial charge in [-0.1, -0.05) is 30.3 Å². The van der Waals surface area contributed by atoms with Gasteiger partial charge in [-0.3, -0.25) is 5.10 Å². The molecule has 2 N–H and O–H groups in total. The zero-order valence-electron chi connectivity index (χ0n) is 13.5. The van der Waals surface area contributed by atoms with Crippen molar-refractivity contribution in [2.24, 2.45) is 0 Å². The summed E-state index contributed by atoms with van der Waals surface area (Å²) in [5.74, 6) is 0.807. The van der Waals surface area contributed by atoms with Crippen molar-refractivity contribution < 1.29 is 9.84 Å². The van der Waals surface area contributed by atoms with Crippen molar-refractivity contribution in [2.75, 3.05) is 0 Å². The Balaban J connectivity index is 2.07. The van der Waals surface area contributed by atoms with E-state index in [0.29, 0.717) is 11.3 Å². The predicted molar refractivity (Wildman–Crippen MR) is 91.6 cm³/mol. The lowest BCUT2D eigenvalue weighted by Crippen LogP contribution is -2.05. The molecule has 0 atom stereocenters. The first-order valence-electron chi connectivity index (χ1n) is 7.66. The second-order valence-corrected chi connectivity index (χ2v) is 5.78. The highest BCUT2D eigenvalue weighted by molar-refractivity contribution is 5.85. The van der Waals surface area contributed by atoms with Crippen LogP contribution in [0.4, 0.5) is 0 Å². The Kier molecular flexibility index (Phi) is 4.06. The molecule has 3 rings (SSSR count). The van der Waals surface area contributed by atoms with E-state index in [1.807, 2.05) is 63.2 Å². The van der Waals surface area contributed by atoms with Crippen LogP contribution in [0.5, 0.6) is 11.5 Å². The topological polar surface area (TPSA) is 58.1 Å². The molecule has 3 aromatic rings. The molecule has 1 heterocycles. The molecule has 2 aromatic carbocycles. The maximum absolute atomic E-state index is 10.4. The van der Waals surface area contributed by atoms with E-state index in [1.54, 1.807) is 6.07 Å². The quantitative estimate of drug-likeness (QED) is 0.743. The molecule has 0 saturated carbocycles. The summed E-state index contributed by atoms with van der Waals surface area (Å²) in [6.07, 6.45) is 0.0627. The molecule has 0 saturated heterocycles. The first kappa shape index (κ1) is 15.2. The van der Waals surface area contributed by atoms with Gasteiger partial charge in [0.1, 0.15) is 17.2 Å². The number of benzene rings is 2. The molecule has 4 heteroatoms. The minimum absolute atomic E-state index is 0.0627. The summed E-state index contributed by atoms with van der Waals surface area (Å²) in [6, 6.07) is 15.4. The number of aryl methyl sites for hydroxylation is 1. The molecule has 0 bridgehead atoms. The summed E-state index contributed by atoms with van der Waals surface area (Å²) >= 11 is 0. The van der Waals surface area contributed by atoms with E-state index in [4.69, 9.17) is 4.74 Å². The Labute approximate surface area is 135 Å². The van der Waals surface area contributed by atoms with Crippen LogP contribution in [-0.4, -0.2) is 21.4 Å². The standard InChI is InChI=1S/C19H20N2O2/c1-12(2)23-15-9-10-16(17(22)11-15)19-18(13(3)20-21-19)14-7-5-4-6-8-14/h4-12,22H,1-3H3,(H,20,21). The fourth-order valence-electron chi connectivity index (χ4n) is 2.64. The number of ether oxygens (including phenoxy) is 1. The van der Waals surface area contributed by atoms with Crippen molar-refractivity contribution in [1.29, 1.82) is 0 Å². The Bertz CT molecular complexity index is 807. The molecule has 0 fully saturated rings. The predicted octanol–water partition coefficient (Wildman–Crippen LogP) is 4.54. The van der Waals surface area contributed by atoms with E-state index < -0.39 is 0 Å². The van der Waals surface area contributed by atoms with Crippen LogP contribution in [0.1, 0.15) is 19.5 Å². The third-order valence-electron chi connectivity index (χ3n) is 3.61. The number of rotatable bonds is 4. The van der Waals surface area contributed by atoms with Crippen molar-refractivity contribution in [1.82, 2.24) is 10.2 Å². The molecule has 23 heavy (non-hydrogen) atoms. The van der Waals surface area contributed by atoms with Crippen LogP contribution in [0.15, 0.2) is 48.5 Å². The number of hydrogen-bond acceptors (Lipinski definition) is 3. The lowest BCUT2D eigenvalue weighted by molar-refractivity contribution is 0.241. The molecule has 0 aliphatic carbocycles. The average molecular weight is 308 g/mol. The molecule has 0 radical (unpaired) electrons. The summed E-state index contributed by atoms with van der Waals surface area (Å²) in [7, 11) is 0. The number of H-pyrrole nitrogens is 1. The molecule has 0 aliphatic heterocycles. The van der Waals surface area contributed by atoms with Gasteiger partial charge in [0.25, 0.3) is 0 Å². The van der Waals surface area contributed by atoms with Crippen molar-refractivity contribution in [3.63, 3.8) is 0 Å². The zero-order chi connectivity index (χ0) is 16.4. The maximum Gasteiger partial charge on any atom is 0.128 e. The van der Waals surface area contributed by atoms with E-state index >= 15 is 0 Å². The minimum Gasteiger partial charge on any atom is -0.507 e. The molecule has 1 aromatic heterocycles. The van der Waals surface area contributed by atoms with Crippen molar-refractivity contribution >= 4 is 0 Å². The molecule has 0 spiro atoms. The van der Waals surface area contributed by atoms with Gasteiger partial charge in [0.05, 0.1) is 6.10 Å². The van der Waals surface area contributed by atoms with E-state index in [-0.39, 0.29) is 11.9 Å². The number of nitrogens with one attached hydrogen (secondary N) is 1. The second kappa shape index (κ2) is 6.16. The van der Waals surface area contributed by atoms with Crippen molar-refractivity contribution in [3.8, 4) is 33.9 Å².